The van der Waals surface area contributed by atoms with E-state index in [1.165, 1.54) is 89.9 Å². The monoisotopic (exact) mass is 1210 g/mol. The summed E-state index contributed by atoms with van der Waals surface area (Å²) in [5.41, 5.74) is 0. The van der Waals surface area contributed by atoms with E-state index in [4.69, 9.17) is 37.0 Å². The highest BCUT2D eigenvalue weighted by Gasteiger charge is 2.30. The zero-order valence-corrected chi connectivity index (χ0v) is 54.9. The third kappa shape index (κ3) is 54.7. The molecule has 19 heteroatoms. The average molecular weight is 1210 g/mol. The van der Waals surface area contributed by atoms with E-state index >= 15 is 0 Å². The van der Waals surface area contributed by atoms with E-state index in [2.05, 4.69) is 55.4 Å². The quantitative estimate of drug-likeness (QED) is 0.0222. The van der Waals surface area contributed by atoms with Crippen LogP contribution < -0.4 is 0 Å². The number of carbonyl (C=O) groups is 4. The summed E-state index contributed by atoms with van der Waals surface area (Å²) in [6, 6.07) is 0. The summed E-state index contributed by atoms with van der Waals surface area (Å²) in [5.74, 6) is 0.738. The number of esters is 4. The van der Waals surface area contributed by atoms with Crippen LogP contribution in [-0.2, 0) is 65.4 Å². The third-order valence-corrected chi connectivity index (χ3v) is 16.9. The molecule has 0 rings (SSSR count). The van der Waals surface area contributed by atoms with Gasteiger partial charge in [-0.1, -0.05) is 248 Å². The van der Waals surface area contributed by atoms with E-state index in [-0.39, 0.29) is 25.7 Å². The fraction of sp³-hybridized carbons (Fsp3) is 0.937. The van der Waals surface area contributed by atoms with Gasteiger partial charge in [-0.25, -0.2) is 9.13 Å². The number of phosphoric acid groups is 2. The van der Waals surface area contributed by atoms with Gasteiger partial charge in [0.15, 0.2) is 12.2 Å². The summed E-state index contributed by atoms with van der Waals surface area (Å²) >= 11 is 0. The van der Waals surface area contributed by atoms with Crippen molar-refractivity contribution in [1.82, 2.24) is 0 Å². The lowest BCUT2D eigenvalue weighted by Crippen LogP contribution is -2.30. The largest absolute Gasteiger partial charge is 0.472 e. The van der Waals surface area contributed by atoms with Gasteiger partial charge in [0.1, 0.15) is 19.3 Å². The maximum Gasteiger partial charge on any atom is 0.472 e. The lowest BCUT2D eigenvalue weighted by molar-refractivity contribution is -0.161. The van der Waals surface area contributed by atoms with Crippen molar-refractivity contribution in [2.45, 2.75) is 318 Å². The highest BCUT2D eigenvalue weighted by Crippen LogP contribution is 2.45. The Labute approximate surface area is 498 Å². The van der Waals surface area contributed by atoms with Gasteiger partial charge in [0.2, 0.25) is 0 Å². The first-order valence-electron chi connectivity index (χ1n) is 32.8. The SMILES string of the molecule is CCC(C)CCCCCCCCC(=O)OC[C@H](COP(=O)(O)OC[C@@H](O)COP(=O)(O)OC[C@@H](COC(=O)CCCCCCCCC(C)C)OC(=O)CCCCCCCCCCCCC(C)C)OC(=O)CCCCCCCCC(C)CC. The first kappa shape index (κ1) is 80.1. The third-order valence-electron chi connectivity index (χ3n) is 15.0. The standard InChI is InChI=1S/C63H122O17P2/c1-9-55(7)41-33-25-18-21-28-36-44-61(66)74-50-59(80-63(68)46-38-30-22-19-26-34-42-56(8)10-2)52-78-82(71,72)76-48-57(64)47-75-81(69,70)77-51-58(49-73-60(65)43-35-27-20-17-24-32-40-54(5)6)79-62(67)45-37-29-16-14-12-11-13-15-23-31-39-53(3)4/h53-59,64H,9-52H2,1-8H3,(H,69,70)(H,71,72)/t55?,56?,57-,58+,59+/m0/s1. The summed E-state index contributed by atoms with van der Waals surface area (Å²) in [5, 5.41) is 10.5. The summed E-state index contributed by atoms with van der Waals surface area (Å²) in [7, 11) is -9.89. The number of carbonyl (C=O) groups excluding carboxylic acids is 4. The van der Waals surface area contributed by atoms with Gasteiger partial charge in [0, 0.05) is 25.7 Å². The van der Waals surface area contributed by atoms with Crippen LogP contribution in [0.1, 0.15) is 299 Å². The second-order valence-corrected chi connectivity index (χ2v) is 27.1. The van der Waals surface area contributed by atoms with Crippen molar-refractivity contribution in [3.05, 3.63) is 0 Å². The molecular formula is C63H122O17P2. The fourth-order valence-electron chi connectivity index (χ4n) is 9.19. The van der Waals surface area contributed by atoms with Crippen LogP contribution in [0.4, 0.5) is 0 Å². The first-order chi connectivity index (χ1) is 39.2. The maximum absolute atomic E-state index is 13.0. The van der Waals surface area contributed by atoms with Gasteiger partial charge in [0.05, 0.1) is 26.4 Å². The molecule has 0 aromatic rings. The number of hydrogen-bond donors (Lipinski definition) is 3. The molecule has 0 amide bonds. The van der Waals surface area contributed by atoms with Crippen molar-refractivity contribution in [3.63, 3.8) is 0 Å². The molecular weight excluding hydrogens is 1090 g/mol. The Morgan fingerprint density at radius 2 is 0.585 bits per heavy atom. The molecule has 0 aliphatic heterocycles. The lowest BCUT2D eigenvalue weighted by Gasteiger charge is -2.21. The van der Waals surface area contributed by atoms with Gasteiger partial charge in [0.25, 0.3) is 0 Å². The van der Waals surface area contributed by atoms with Crippen LogP contribution in [0.2, 0.25) is 0 Å². The zero-order valence-electron chi connectivity index (χ0n) is 53.1. The second-order valence-electron chi connectivity index (χ2n) is 24.2. The molecule has 0 aliphatic carbocycles. The average Bonchev–Trinajstić information content (AvgIpc) is 3.45. The minimum atomic E-state index is -4.94. The molecule has 0 radical (unpaired) electrons. The highest BCUT2D eigenvalue weighted by molar-refractivity contribution is 7.47. The number of ether oxygens (including phenoxy) is 4. The van der Waals surface area contributed by atoms with Crippen LogP contribution in [0.15, 0.2) is 0 Å². The normalized spacial score (nSPS) is 15.1. The van der Waals surface area contributed by atoms with Crippen LogP contribution in [0, 0.1) is 23.7 Å². The lowest BCUT2D eigenvalue weighted by atomic mass is 10.00. The molecule has 0 aromatic heterocycles. The predicted molar refractivity (Wildman–Crippen MR) is 326 cm³/mol. The predicted octanol–water partition coefficient (Wildman–Crippen LogP) is 17.0. The number of aliphatic hydroxyl groups excluding tert-OH is 1. The molecule has 0 bridgehead atoms. The second kappa shape index (κ2) is 53.3. The Morgan fingerprint density at radius 1 is 0.341 bits per heavy atom. The topological polar surface area (TPSA) is 237 Å². The first-order valence-corrected chi connectivity index (χ1v) is 35.8. The van der Waals surface area contributed by atoms with Crippen molar-refractivity contribution >= 4 is 39.5 Å². The van der Waals surface area contributed by atoms with Gasteiger partial charge in [-0.05, 0) is 49.4 Å². The number of hydrogen-bond acceptors (Lipinski definition) is 15. The number of rotatable bonds is 60. The van der Waals surface area contributed by atoms with Gasteiger partial charge >= 0.3 is 39.5 Å². The molecule has 0 aromatic carbocycles. The Bertz CT molecular complexity index is 1650. The summed E-state index contributed by atoms with van der Waals surface area (Å²) in [6.07, 6.45) is 32.3. The Morgan fingerprint density at radius 3 is 0.866 bits per heavy atom. The zero-order chi connectivity index (χ0) is 61.1. The van der Waals surface area contributed by atoms with Crippen molar-refractivity contribution < 1.29 is 80.2 Å². The van der Waals surface area contributed by atoms with Crippen LogP contribution in [-0.4, -0.2) is 96.7 Å². The molecule has 7 atom stereocenters. The van der Waals surface area contributed by atoms with Gasteiger partial charge < -0.3 is 33.8 Å². The van der Waals surface area contributed by atoms with E-state index in [9.17, 15) is 43.2 Å². The van der Waals surface area contributed by atoms with Crippen LogP contribution >= 0.6 is 15.6 Å². The smallest absolute Gasteiger partial charge is 0.462 e. The molecule has 0 aliphatic rings. The molecule has 0 fully saturated rings. The van der Waals surface area contributed by atoms with E-state index in [0.717, 1.165) is 120 Å². The molecule has 0 saturated carbocycles. The molecule has 486 valence electrons. The van der Waals surface area contributed by atoms with E-state index < -0.39 is 97.5 Å². The molecule has 0 spiro atoms. The summed E-state index contributed by atoms with van der Waals surface area (Å²) in [4.78, 5) is 72.1. The molecule has 0 saturated heterocycles. The Kier molecular flexibility index (Phi) is 52.0. The van der Waals surface area contributed by atoms with Gasteiger partial charge in [-0.15, -0.1) is 0 Å². The number of unbranched alkanes of at least 4 members (excludes halogenated alkanes) is 24. The van der Waals surface area contributed by atoms with Crippen molar-refractivity contribution in [2.24, 2.45) is 23.7 Å². The van der Waals surface area contributed by atoms with Crippen molar-refractivity contribution in [2.75, 3.05) is 39.6 Å². The summed E-state index contributed by atoms with van der Waals surface area (Å²) < 4.78 is 67.9. The molecule has 0 heterocycles. The van der Waals surface area contributed by atoms with Gasteiger partial charge in [-0.2, -0.15) is 0 Å². The minimum absolute atomic E-state index is 0.101. The maximum atomic E-state index is 13.0. The van der Waals surface area contributed by atoms with Crippen LogP contribution in [0.5, 0.6) is 0 Å². The van der Waals surface area contributed by atoms with Gasteiger partial charge in [-0.3, -0.25) is 37.3 Å². The number of phosphoric ester groups is 2. The Balaban J connectivity index is 5.26. The molecule has 3 N–H and O–H groups in total. The van der Waals surface area contributed by atoms with E-state index in [1.807, 2.05) is 0 Å². The van der Waals surface area contributed by atoms with E-state index in [1.54, 1.807) is 0 Å². The molecule has 17 nitrogen and oxygen atoms in total. The fourth-order valence-corrected chi connectivity index (χ4v) is 10.8. The molecule has 82 heavy (non-hydrogen) atoms. The van der Waals surface area contributed by atoms with Crippen LogP contribution in [0.3, 0.4) is 0 Å². The van der Waals surface area contributed by atoms with E-state index in [0.29, 0.717) is 31.6 Å². The molecule has 4 unspecified atom stereocenters. The Hall–Kier alpha value is -1.94. The minimum Gasteiger partial charge on any atom is -0.462 e. The van der Waals surface area contributed by atoms with Crippen molar-refractivity contribution in [3.8, 4) is 0 Å². The number of aliphatic hydroxyl groups is 1. The van der Waals surface area contributed by atoms with Crippen molar-refractivity contribution in [1.29, 1.82) is 0 Å². The highest BCUT2D eigenvalue weighted by atomic mass is 31.2. The summed E-state index contributed by atoms with van der Waals surface area (Å²) in [6.45, 7) is 13.9. The van der Waals surface area contributed by atoms with Crippen LogP contribution in [0.25, 0.3) is 0 Å².